The molecule has 0 aromatic carbocycles. The van der Waals surface area contributed by atoms with E-state index in [1.54, 1.807) is 0 Å². The van der Waals surface area contributed by atoms with E-state index in [4.69, 9.17) is 0 Å². The number of thioether (sulfide) groups is 5. The minimum Gasteiger partial charge on any atom is -0.179 e. The minimum absolute atomic E-state index is 0.722. The summed E-state index contributed by atoms with van der Waals surface area (Å²) in [6.45, 7) is 2.31. The second-order valence-electron chi connectivity index (χ2n) is 2.36. The monoisotopic (exact) mass is 290 g/mol. The summed E-state index contributed by atoms with van der Waals surface area (Å²) >= 11 is 14.5. The molecule has 0 saturated carbocycles. The van der Waals surface area contributed by atoms with Gasteiger partial charge in [0.25, 0.3) is 0 Å². The van der Waals surface area contributed by atoms with Crippen molar-refractivity contribution in [2.45, 2.75) is 15.4 Å². The van der Waals surface area contributed by atoms with Crippen molar-refractivity contribution in [3.63, 3.8) is 0 Å². The maximum Gasteiger partial charge on any atom is 0.0983 e. The van der Waals surface area contributed by atoms with Crippen molar-refractivity contribution in [3.05, 3.63) is 0 Å². The van der Waals surface area contributed by atoms with Crippen LogP contribution in [0.25, 0.3) is 0 Å². The van der Waals surface area contributed by atoms with E-state index in [1.165, 1.54) is 15.9 Å². The SMILES string of the molecule is CC(SCCS)SC1SCSCS1. The summed E-state index contributed by atoms with van der Waals surface area (Å²) in [7, 11) is 0. The van der Waals surface area contributed by atoms with Gasteiger partial charge < -0.3 is 0 Å². The van der Waals surface area contributed by atoms with E-state index in [9.17, 15) is 0 Å². The van der Waals surface area contributed by atoms with E-state index < -0.39 is 0 Å². The molecule has 1 atom stereocenters. The Balaban J connectivity index is 2.07. The molecule has 1 unspecified atom stereocenters. The molecule has 1 saturated heterocycles. The van der Waals surface area contributed by atoms with Crippen LogP contribution in [-0.4, -0.2) is 30.2 Å². The van der Waals surface area contributed by atoms with Crippen molar-refractivity contribution < 1.29 is 0 Å². The Morgan fingerprint density at radius 3 is 2.77 bits per heavy atom. The first-order valence-electron chi connectivity index (χ1n) is 4.02. The summed E-state index contributed by atoms with van der Waals surface area (Å²) in [4.78, 5) is 0. The highest BCUT2D eigenvalue weighted by Crippen LogP contribution is 2.45. The lowest BCUT2D eigenvalue weighted by atomic mass is 10.9. The molecule has 0 N–H and O–H groups in total. The number of rotatable bonds is 5. The molecule has 6 heteroatoms. The third-order valence-corrected chi connectivity index (χ3v) is 9.37. The first-order valence-corrected chi connectivity index (χ1v) is 9.89. The van der Waals surface area contributed by atoms with Crippen LogP contribution in [0.3, 0.4) is 0 Å². The fourth-order valence-corrected chi connectivity index (χ4v) is 9.76. The summed E-state index contributed by atoms with van der Waals surface area (Å²) in [5.41, 5.74) is 0. The molecule has 1 aliphatic rings. The van der Waals surface area contributed by atoms with Crippen molar-refractivity contribution in [1.29, 1.82) is 0 Å². The van der Waals surface area contributed by atoms with Gasteiger partial charge in [0.15, 0.2) is 0 Å². The van der Waals surface area contributed by atoms with Gasteiger partial charge in [-0.25, -0.2) is 0 Å². The minimum atomic E-state index is 0.722. The lowest BCUT2D eigenvalue weighted by molar-refractivity contribution is 1.40. The molecule has 0 radical (unpaired) electrons. The van der Waals surface area contributed by atoms with E-state index in [0.717, 1.165) is 14.2 Å². The summed E-state index contributed by atoms with van der Waals surface area (Å²) in [5, 5.41) is 2.54. The first-order chi connectivity index (χ1) is 6.33. The molecule has 1 rings (SSSR count). The topological polar surface area (TPSA) is 0 Å². The quantitative estimate of drug-likeness (QED) is 0.595. The molecule has 1 heterocycles. The Morgan fingerprint density at radius 2 is 2.15 bits per heavy atom. The molecule has 0 amide bonds. The zero-order valence-corrected chi connectivity index (χ0v) is 12.4. The molecule has 1 fully saturated rings. The number of hydrogen-bond acceptors (Lipinski definition) is 6. The maximum atomic E-state index is 4.22. The second-order valence-corrected chi connectivity index (χ2v) is 10.8. The highest BCUT2D eigenvalue weighted by atomic mass is 32.3. The highest BCUT2D eigenvalue weighted by Gasteiger charge is 2.18. The van der Waals surface area contributed by atoms with Crippen LogP contribution in [0, 0.1) is 0 Å². The van der Waals surface area contributed by atoms with Gasteiger partial charge >= 0.3 is 0 Å². The highest BCUT2D eigenvalue weighted by molar-refractivity contribution is 8.42. The van der Waals surface area contributed by atoms with Crippen molar-refractivity contribution in [3.8, 4) is 0 Å². The van der Waals surface area contributed by atoms with Crippen molar-refractivity contribution >= 4 is 71.4 Å². The molecule has 13 heavy (non-hydrogen) atoms. The molecule has 78 valence electrons. The van der Waals surface area contributed by atoms with Crippen LogP contribution >= 0.6 is 71.4 Å². The first kappa shape index (κ1) is 13.2. The van der Waals surface area contributed by atoms with E-state index in [-0.39, 0.29) is 0 Å². The summed E-state index contributed by atoms with van der Waals surface area (Å²) in [6.07, 6.45) is 0. The van der Waals surface area contributed by atoms with Gasteiger partial charge in [-0.05, 0) is 12.7 Å². The molecular formula is C7H14S6. The van der Waals surface area contributed by atoms with Crippen molar-refractivity contribution in [2.24, 2.45) is 0 Å². The Morgan fingerprint density at radius 1 is 1.46 bits per heavy atom. The lowest BCUT2D eigenvalue weighted by Crippen LogP contribution is -2.03. The Hall–Kier alpha value is 2.10. The lowest BCUT2D eigenvalue weighted by Gasteiger charge is -2.22. The van der Waals surface area contributed by atoms with Gasteiger partial charge in [0.05, 0.1) is 3.91 Å². The van der Waals surface area contributed by atoms with Gasteiger partial charge in [0, 0.05) is 20.5 Å². The molecule has 0 nitrogen and oxygen atoms in total. The molecule has 0 aromatic heterocycles. The summed E-state index contributed by atoms with van der Waals surface area (Å²) < 4.78 is 1.49. The van der Waals surface area contributed by atoms with Crippen LogP contribution in [0.1, 0.15) is 6.92 Å². The third kappa shape index (κ3) is 6.30. The largest absolute Gasteiger partial charge is 0.179 e. The average Bonchev–Trinajstić information content (AvgIpc) is 2.16. The van der Waals surface area contributed by atoms with Crippen molar-refractivity contribution in [1.82, 2.24) is 0 Å². The van der Waals surface area contributed by atoms with E-state index in [0.29, 0.717) is 0 Å². The van der Waals surface area contributed by atoms with Gasteiger partial charge in [-0.2, -0.15) is 12.6 Å². The molecule has 0 bridgehead atoms. The molecule has 0 spiro atoms. The zero-order valence-electron chi connectivity index (χ0n) is 7.47. The average molecular weight is 291 g/mol. The van der Waals surface area contributed by atoms with Crippen LogP contribution < -0.4 is 0 Å². The van der Waals surface area contributed by atoms with Gasteiger partial charge in [-0.15, -0.1) is 58.8 Å². The van der Waals surface area contributed by atoms with E-state index in [2.05, 4.69) is 54.8 Å². The predicted octanol–water partition coefficient (Wildman–Crippen LogP) is 4.14. The zero-order chi connectivity index (χ0) is 9.52. The van der Waals surface area contributed by atoms with E-state index in [1.807, 2.05) is 23.5 Å². The Bertz CT molecular complexity index is 124. The molecular weight excluding hydrogens is 276 g/mol. The predicted molar refractivity (Wildman–Crippen MR) is 79.7 cm³/mol. The molecule has 0 aromatic rings. The second kappa shape index (κ2) is 8.28. The Kier molecular flexibility index (Phi) is 8.38. The smallest absolute Gasteiger partial charge is 0.0983 e. The van der Waals surface area contributed by atoms with Crippen LogP contribution in [-0.2, 0) is 0 Å². The van der Waals surface area contributed by atoms with Crippen LogP contribution in [0.2, 0.25) is 0 Å². The Labute approximate surface area is 108 Å². The summed E-state index contributed by atoms with van der Waals surface area (Å²) in [5.74, 6) is 2.17. The number of hydrogen-bond donors (Lipinski definition) is 1. The standard InChI is InChI=1S/C7H14S6/c1-6(10-3-2-8)13-7-11-4-9-5-12-7/h6-8H,2-5H2,1H3. The fraction of sp³-hybridized carbons (Fsp3) is 1.00. The van der Waals surface area contributed by atoms with Crippen molar-refractivity contribution in [2.75, 3.05) is 21.7 Å². The van der Waals surface area contributed by atoms with Crippen LogP contribution in [0.4, 0.5) is 0 Å². The normalized spacial score (nSPS) is 21.7. The van der Waals surface area contributed by atoms with Gasteiger partial charge in [0.1, 0.15) is 0 Å². The number of thiol groups is 1. The maximum absolute atomic E-state index is 4.22. The van der Waals surface area contributed by atoms with Crippen LogP contribution in [0.5, 0.6) is 0 Å². The van der Waals surface area contributed by atoms with Gasteiger partial charge in [-0.3, -0.25) is 0 Å². The molecule has 0 aliphatic carbocycles. The van der Waals surface area contributed by atoms with Gasteiger partial charge in [0.2, 0.25) is 0 Å². The summed E-state index contributed by atoms with van der Waals surface area (Å²) in [6, 6.07) is 0. The van der Waals surface area contributed by atoms with E-state index >= 15 is 0 Å². The third-order valence-electron chi connectivity index (χ3n) is 1.32. The molecule has 1 aliphatic heterocycles. The van der Waals surface area contributed by atoms with Crippen LogP contribution in [0.15, 0.2) is 0 Å². The fourth-order valence-electron chi connectivity index (χ4n) is 0.782. The van der Waals surface area contributed by atoms with Gasteiger partial charge in [-0.1, -0.05) is 0 Å².